The van der Waals surface area contributed by atoms with E-state index in [1.165, 1.54) is 77.5 Å². The van der Waals surface area contributed by atoms with Crippen molar-refractivity contribution in [3.8, 4) is 0 Å². The zero-order valence-corrected chi connectivity index (χ0v) is 15.9. The molecule has 1 fully saturated rings. The molecule has 0 atom stereocenters. The number of rotatable bonds is 14. The molecule has 1 aliphatic heterocycles. The minimum Gasteiger partial charge on any atom is -0.241 e. The highest BCUT2D eigenvalue weighted by molar-refractivity contribution is 4.98. The van der Waals surface area contributed by atoms with Crippen LogP contribution in [0.5, 0.6) is 0 Å². The Morgan fingerprint density at radius 3 is 1.52 bits per heavy atom. The van der Waals surface area contributed by atoms with Crippen molar-refractivity contribution in [2.24, 2.45) is 5.41 Å². The molecule has 23 heavy (non-hydrogen) atoms. The van der Waals surface area contributed by atoms with Crippen molar-refractivity contribution in [1.82, 2.24) is 10.0 Å². The van der Waals surface area contributed by atoms with E-state index in [4.69, 9.17) is 0 Å². The van der Waals surface area contributed by atoms with Gasteiger partial charge in [0.15, 0.2) is 0 Å². The third kappa shape index (κ3) is 7.22. The number of unbranched alkanes of at least 4 members (excludes halogenated alkanes) is 6. The summed E-state index contributed by atoms with van der Waals surface area (Å²) in [7, 11) is 0. The van der Waals surface area contributed by atoms with Gasteiger partial charge in [-0.15, -0.1) is 13.2 Å². The number of nitrogens with zero attached hydrogens (tertiary/aromatic N) is 2. The molecule has 1 aliphatic rings. The lowest BCUT2D eigenvalue weighted by Gasteiger charge is -2.27. The minimum absolute atomic E-state index is 0.346. The molecular weight excluding hydrogens is 280 g/mol. The van der Waals surface area contributed by atoms with Gasteiger partial charge in [-0.1, -0.05) is 64.5 Å². The summed E-state index contributed by atoms with van der Waals surface area (Å²) in [6.45, 7) is 17.4. The Hall–Kier alpha value is -0.600. The standard InChI is InChI=1S/C21H40N2/c1-5-9-11-13-17-22-19-21(15-7-3,16-8-4)20-23(22)18-14-12-10-6-2/h7-8H,3-6,9-20H2,1-2H3. The average molecular weight is 321 g/mol. The summed E-state index contributed by atoms with van der Waals surface area (Å²) in [6, 6.07) is 0. The Morgan fingerprint density at radius 2 is 1.17 bits per heavy atom. The fourth-order valence-corrected chi connectivity index (χ4v) is 3.86. The van der Waals surface area contributed by atoms with Gasteiger partial charge in [-0.05, 0) is 25.7 Å². The molecule has 1 rings (SSSR count). The van der Waals surface area contributed by atoms with Gasteiger partial charge in [0.2, 0.25) is 0 Å². The monoisotopic (exact) mass is 320 g/mol. The number of hydrogen-bond acceptors (Lipinski definition) is 2. The van der Waals surface area contributed by atoms with Gasteiger partial charge in [-0.25, -0.2) is 10.0 Å². The predicted octanol–water partition coefficient (Wildman–Crippen LogP) is 5.82. The molecule has 0 N–H and O–H groups in total. The highest BCUT2D eigenvalue weighted by Gasteiger charge is 2.40. The molecule has 0 radical (unpaired) electrons. The Morgan fingerprint density at radius 1 is 0.739 bits per heavy atom. The summed E-state index contributed by atoms with van der Waals surface area (Å²) in [5, 5.41) is 5.29. The zero-order valence-electron chi connectivity index (χ0n) is 15.9. The molecule has 134 valence electrons. The van der Waals surface area contributed by atoms with Crippen LogP contribution in [-0.4, -0.2) is 36.2 Å². The van der Waals surface area contributed by atoms with Crippen LogP contribution in [0.2, 0.25) is 0 Å². The van der Waals surface area contributed by atoms with E-state index in [1.807, 2.05) is 0 Å². The Kier molecular flexibility index (Phi) is 10.5. The van der Waals surface area contributed by atoms with Crippen molar-refractivity contribution in [3.05, 3.63) is 25.3 Å². The zero-order chi connectivity index (χ0) is 17.0. The number of hydrazine groups is 1. The van der Waals surface area contributed by atoms with E-state index < -0.39 is 0 Å². The van der Waals surface area contributed by atoms with Gasteiger partial charge in [0, 0.05) is 31.6 Å². The summed E-state index contributed by atoms with van der Waals surface area (Å²) in [4.78, 5) is 0. The van der Waals surface area contributed by atoms with E-state index in [-0.39, 0.29) is 0 Å². The molecule has 0 unspecified atom stereocenters. The van der Waals surface area contributed by atoms with Crippen LogP contribution in [-0.2, 0) is 0 Å². The first-order valence-electron chi connectivity index (χ1n) is 9.93. The van der Waals surface area contributed by atoms with Gasteiger partial charge >= 0.3 is 0 Å². The SMILES string of the molecule is C=CCC1(CC=C)CN(CCCCCC)N(CCCCCC)C1. The van der Waals surface area contributed by atoms with Crippen LogP contribution >= 0.6 is 0 Å². The second-order valence-corrected chi connectivity index (χ2v) is 7.38. The molecule has 0 saturated carbocycles. The predicted molar refractivity (Wildman–Crippen MR) is 103 cm³/mol. The highest BCUT2D eigenvalue weighted by atomic mass is 15.6. The summed E-state index contributed by atoms with van der Waals surface area (Å²) < 4.78 is 0. The second kappa shape index (κ2) is 11.9. The van der Waals surface area contributed by atoms with Gasteiger partial charge in [0.1, 0.15) is 0 Å². The third-order valence-electron chi connectivity index (χ3n) is 5.13. The van der Waals surface area contributed by atoms with Crippen LogP contribution in [0, 0.1) is 5.41 Å². The van der Waals surface area contributed by atoms with Gasteiger partial charge in [0.25, 0.3) is 0 Å². The maximum absolute atomic E-state index is 4.00. The molecule has 2 nitrogen and oxygen atoms in total. The van der Waals surface area contributed by atoms with Crippen LogP contribution in [0.25, 0.3) is 0 Å². The largest absolute Gasteiger partial charge is 0.241 e. The molecule has 1 heterocycles. The Balaban J connectivity index is 2.59. The van der Waals surface area contributed by atoms with Crippen LogP contribution in [0.1, 0.15) is 78.1 Å². The van der Waals surface area contributed by atoms with Crippen molar-refractivity contribution in [2.75, 3.05) is 26.2 Å². The van der Waals surface area contributed by atoms with Gasteiger partial charge in [-0.3, -0.25) is 0 Å². The maximum atomic E-state index is 4.00. The van der Waals surface area contributed by atoms with Crippen molar-refractivity contribution in [2.45, 2.75) is 78.1 Å². The fraction of sp³-hybridized carbons (Fsp3) is 0.810. The Labute approximate surface area is 145 Å². The molecule has 0 aromatic rings. The van der Waals surface area contributed by atoms with Crippen molar-refractivity contribution < 1.29 is 0 Å². The van der Waals surface area contributed by atoms with E-state index in [0.29, 0.717) is 5.41 Å². The molecule has 0 aromatic carbocycles. The molecule has 2 heteroatoms. The molecular formula is C21H40N2. The van der Waals surface area contributed by atoms with E-state index in [2.05, 4.69) is 49.2 Å². The van der Waals surface area contributed by atoms with Crippen molar-refractivity contribution in [3.63, 3.8) is 0 Å². The molecule has 0 aromatic heterocycles. The van der Waals surface area contributed by atoms with E-state index >= 15 is 0 Å². The van der Waals surface area contributed by atoms with Crippen LogP contribution in [0.4, 0.5) is 0 Å². The van der Waals surface area contributed by atoms with Gasteiger partial charge in [0.05, 0.1) is 0 Å². The molecule has 0 spiro atoms. The summed E-state index contributed by atoms with van der Waals surface area (Å²) in [6.07, 6.45) is 17.2. The quantitative estimate of drug-likeness (QED) is 0.294. The fourth-order valence-electron chi connectivity index (χ4n) is 3.86. The first kappa shape index (κ1) is 20.4. The van der Waals surface area contributed by atoms with E-state index in [9.17, 15) is 0 Å². The average Bonchev–Trinajstić information content (AvgIpc) is 2.87. The Bertz CT molecular complexity index is 292. The van der Waals surface area contributed by atoms with Crippen LogP contribution < -0.4 is 0 Å². The second-order valence-electron chi connectivity index (χ2n) is 7.38. The van der Waals surface area contributed by atoms with E-state index in [1.54, 1.807) is 0 Å². The van der Waals surface area contributed by atoms with Crippen molar-refractivity contribution in [1.29, 1.82) is 0 Å². The van der Waals surface area contributed by atoms with Crippen molar-refractivity contribution >= 4 is 0 Å². The van der Waals surface area contributed by atoms with E-state index in [0.717, 1.165) is 12.8 Å². The lowest BCUT2D eigenvalue weighted by molar-refractivity contribution is 0.0241. The lowest BCUT2D eigenvalue weighted by atomic mass is 9.82. The summed E-state index contributed by atoms with van der Waals surface area (Å²) >= 11 is 0. The summed E-state index contributed by atoms with van der Waals surface area (Å²) in [5.74, 6) is 0. The number of hydrogen-bond donors (Lipinski definition) is 0. The topological polar surface area (TPSA) is 6.48 Å². The highest BCUT2D eigenvalue weighted by Crippen LogP contribution is 2.36. The van der Waals surface area contributed by atoms with Crippen LogP contribution in [0.3, 0.4) is 0 Å². The third-order valence-corrected chi connectivity index (χ3v) is 5.13. The van der Waals surface area contributed by atoms with Crippen LogP contribution in [0.15, 0.2) is 25.3 Å². The summed E-state index contributed by atoms with van der Waals surface area (Å²) in [5.41, 5.74) is 0.346. The van der Waals surface area contributed by atoms with Gasteiger partial charge in [-0.2, -0.15) is 0 Å². The maximum Gasteiger partial charge on any atom is 0.0208 e. The normalized spacial score (nSPS) is 18.3. The number of allylic oxidation sites excluding steroid dienone is 2. The first-order chi connectivity index (χ1) is 11.2. The lowest BCUT2D eigenvalue weighted by Crippen LogP contribution is -2.37. The molecule has 0 aliphatic carbocycles. The molecule has 0 amide bonds. The minimum atomic E-state index is 0.346. The smallest absolute Gasteiger partial charge is 0.0208 e. The molecule has 0 bridgehead atoms. The van der Waals surface area contributed by atoms with Gasteiger partial charge < -0.3 is 0 Å². The molecule has 1 saturated heterocycles. The first-order valence-corrected chi connectivity index (χ1v) is 9.93.